The van der Waals surface area contributed by atoms with Crippen LogP contribution in [0, 0.1) is 20.8 Å². The van der Waals surface area contributed by atoms with E-state index in [1.807, 2.05) is 13.8 Å². The second-order valence-electron chi connectivity index (χ2n) is 7.75. The predicted octanol–water partition coefficient (Wildman–Crippen LogP) is 5.19. The highest BCUT2D eigenvalue weighted by Crippen LogP contribution is 2.40. The van der Waals surface area contributed by atoms with Gasteiger partial charge in [0.25, 0.3) is 0 Å². The molecule has 0 atom stereocenters. The number of aryl methyl sites for hydroxylation is 3. The van der Waals surface area contributed by atoms with Crippen molar-refractivity contribution in [2.75, 3.05) is 0 Å². The van der Waals surface area contributed by atoms with E-state index in [4.69, 9.17) is 6.35 Å². The van der Waals surface area contributed by atoms with Crippen LogP contribution in [-0.2, 0) is 13.5 Å². The van der Waals surface area contributed by atoms with Gasteiger partial charge in [-0.05, 0) is 61.1 Å². The molecule has 26 heavy (non-hydrogen) atoms. The van der Waals surface area contributed by atoms with Crippen molar-refractivity contribution < 1.29 is 5.94 Å². The number of aromatic nitrogens is 2. The molecule has 0 aliphatic heterocycles. The fourth-order valence-electron chi connectivity index (χ4n) is 4.21. The fraction of sp³-hybridized carbons (Fsp3) is 0.333. The summed E-state index contributed by atoms with van der Waals surface area (Å²) < 4.78 is 10.6. The Morgan fingerprint density at radius 3 is 2.46 bits per heavy atom. The lowest BCUT2D eigenvalue weighted by atomic mass is 9.93. The van der Waals surface area contributed by atoms with Crippen LogP contribution in [0.2, 0.25) is 0 Å². The number of rotatable bonds is 2. The van der Waals surface area contributed by atoms with Gasteiger partial charge in [-0.1, -0.05) is 26.0 Å². The van der Waals surface area contributed by atoms with Gasteiger partial charge in [-0.3, -0.25) is 4.98 Å². The zero-order valence-corrected chi connectivity index (χ0v) is 16.6. The maximum Gasteiger partial charge on any atom is 0.212 e. The second kappa shape index (κ2) is 6.05. The number of fused-ring (bicyclic) bond motifs is 3. The van der Waals surface area contributed by atoms with Crippen LogP contribution in [0.4, 0.5) is 0 Å². The third-order valence-electron chi connectivity index (χ3n) is 5.64. The average Bonchev–Trinajstić information content (AvgIpc) is 2.95. The number of benzene rings is 1. The van der Waals surface area contributed by atoms with Crippen molar-refractivity contribution in [3.63, 3.8) is 0 Å². The molecule has 132 valence electrons. The van der Waals surface area contributed by atoms with Crippen molar-refractivity contribution in [1.82, 2.24) is 4.98 Å². The standard InChI is InChI=1S/C24H27N2/c1-14(2)22-13-26(6)24(11-15(22)3)18-9-10-19-20-8-7-16(4)25-23(20)12-21(19)17(18)5/h7-11,13-14H,12H2,1-6H3/q+1/i14D. The Morgan fingerprint density at radius 2 is 1.73 bits per heavy atom. The molecule has 0 fully saturated rings. The molecule has 0 N–H and O–H groups in total. The summed E-state index contributed by atoms with van der Waals surface area (Å²) in [5, 5.41) is 0. The van der Waals surface area contributed by atoms with Gasteiger partial charge in [-0.15, -0.1) is 0 Å². The highest BCUT2D eigenvalue weighted by Gasteiger charge is 2.25. The van der Waals surface area contributed by atoms with E-state index in [-0.39, 0.29) is 0 Å². The Labute approximate surface area is 158 Å². The van der Waals surface area contributed by atoms with E-state index in [0.717, 1.165) is 17.7 Å². The lowest BCUT2D eigenvalue weighted by Gasteiger charge is -2.13. The summed E-state index contributed by atoms with van der Waals surface area (Å²) >= 11 is 0. The Balaban J connectivity index is 1.85. The molecule has 1 aromatic carbocycles. The normalized spacial score (nSPS) is 13.4. The first-order valence-electron chi connectivity index (χ1n) is 9.77. The summed E-state index contributed by atoms with van der Waals surface area (Å²) in [7, 11) is 2.08. The number of pyridine rings is 2. The van der Waals surface area contributed by atoms with E-state index in [9.17, 15) is 0 Å². The number of hydrogen-bond acceptors (Lipinski definition) is 1. The molecule has 2 heteroatoms. The summed E-state index contributed by atoms with van der Waals surface area (Å²) in [4.78, 5) is 4.76. The summed E-state index contributed by atoms with van der Waals surface area (Å²) in [6, 6.07) is 11.0. The summed E-state index contributed by atoms with van der Waals surface area (Å²) in [5.41, 5.74) is 12.3. The molecule has 0 amide bonds. The third-order valence-corrected chi connectivity index (χ3v) is 5.64. The van der Waals surface area contributed by atoms with Gasteiger partial charge in [-0.2, -0.15) is 0 Å². The van der Waals surface area contributed by atoms with Crippen LogP contribution >= 0.6 is 0 Å². The number of nitrogens with zero attached hydrogens (tertiary/aromatic N) is 2. The lowest BCUT2D eigenvalue weighted by molar-refractivity contribution is -0.660. The molecule has 0 bridgehead atoms. The predicted molar refractivity (Wildman–Crippen MR) is 107 cm³/mol. The van der Waals surface area contributed by atoms with Gasteiger partial charge in [0, 0.05) is 36.2 Å². The Kier molecular flexibility index (Phi) is 3.66. The van der Waals surface area contributed by atoms with E-state index in [2.05, 4.69) is 68.9 Å². The zero-order valence-electron chi connectivity index (χ0n) is 17.6. The van der Waals surface area contributed by atoms with Gasteiger partial charge in [0.2, 0.25) is 5.69 Å². The minimum Gasteiger partial charge on any atom is -0.257 e. The molecular weight excluding hydrogens is 316 g/mol. The Morgan fingerprint density at radius 1 is 1.04 bits per heavy atom. The molecule has 0 radical (unpaired) electrons. The number of hydrogen-bond donors (Lipinski definition) is 0. The molecule has 2 heterocycles. The zero-order chi connectivity index (χ0) is 19.5. The lowest BCUT2D eigenvalue weighted by Crippen LogP contribution is -2.32. The van der Waals surface area contributed by atoms with Crippen molar-refractivity contribution in [2.45, 2.75) is 46.9 Å². The van der Waals surface area contributed by atoms with Crippen LogP contribution in [0.5, 0.6) is 0 Å². The van der Waals surface area contributed by atoms with Crippen molar-refractivity contribution in [3.8, 4) is 22.4 Å². The highest BCUT2D eigenvalue weighted by atomic mass is 14.9. The van der Waals surface area contributed by atoms with Crippen molar-refractivity contribution >= 4 is 0 Å². The van der Waals surface area contributed by atoms with E-state index in [1.54, 1.807) is 0 Å². The third kappa shape index (κ3) is 2.56. The molecule has 1 aliphatic carbocycles. The van der Waals surface area contributed by atoms with E-state index in [1.165, 1.54) is 44.8 Å². The second-order valence-corrected chi connectivity index (χ2v) is 7.75. The van der Waals surface area contributed by atoms with Crippen molar-refractivity contribution in [3.05, 3.63) is 70.2 Å². The molecular formula is C24H27N2+. The summed E-state index contributed by atoms with van der Waals surface area (Å²) in [5.74, 6) is -0.599. The van der Waals surface area contributed by atoms with Gasteiger partial charge in [0.15, 0.2) is 6.20 Å². The maximum absolute atomic E-state index is 8.40. The van der Waals surface area contributed by atoms with Crippen LogP contribution < -0.4 is 4.57 Å². The molecule has 2 aromatic heterocycles. The minimum absolute atomic E-state index is 0.599. The van der Waals surface area contributed by atoms with Crippen molar-refractivity contribution in [1.29, 1.82) is 0 Å². The SMILES string of the molecule is [2H]C(C)(C)c1c[n+](C)c(-c2ccc3c(c2C)Cc2nc(C)ccc2-3)cc1C. The molecule has 0 unspecified atom stereocenters. The van der Waals surface area contributed by atoms with Crippen molar-refractivity contribution in [2.24, 2.45) is 7.05 Å². The van der Waals surface area contributed by atoms with Crippen LogP contribution in [0.15, 0.2) is 36.5 Å². The van der Waals surface area contributed by atoms with E-state index in [0.29, 0.717) is 0 Å². The molecule has 3 aromatic rings. The first-order chi connectivity index (χ1) is 12.7. The Hall–Kier alpha value is -2.48. The molecule has 2 nitrogen and oxygen atoms in total. The first-order valence-corrected chi connectivity index (χ1v) is 9.27. The van der Waals surface area contributed by atoms with Gasteiger partial charge in [-0.25, -0.2) is 4.57 Å². The largest absolute Gasteiger partial charge is 0.257 e. The van der Waals surface area contributed by atoms with Gasteiger partial charge in [0.05, 0.1) is 5.69 Å². The first kappa shape index (κ1) is 15.7. The van der Waals surface area contributed by atoms with Crippen LogP contribution in [-0.4, -0.2) is 4.98 Å². The summed E-state index contributed by atoms with van der Waals surface area (Å²) in [6.45, 7) is 10.3. The maximum atomic E-state index is 8.40. The van der Waals surface area contributed by atoms with Crippen LogP contribution in [0.3, 0.4) is 0 Å². The molecule has 0 spiro atoms. The van der Waals surface area contributed by atoms with Gasteiger partial charge >= 0.3 is 0 Å². The molecule has 1 aliphatic rings. The van der Waals surface area contributed by atoms with Crippen LogP contribution in [0.1, 0.15) is 54.8 Å². The average molecular weight is 345 g/mol. The quantitative estimate of drug-likeness (QED) is 0.457. The van der Waals surface area contributed by atoms with Crippen LogP contribution in [0.25, 0.3) is 22.4 Å². The topological polar surface area (TPSA) is 16.8 Å². The van der Waals surface area contributed by atoms with Gasteiger partial charge in [0.1, 0.15) is 7.05 Å². The van der Waals surface area contributed by atoms with E-state index >= 15 is 0 Å². The molecule has 4 rings (SSSR count). The molecule has 0 saturated carbocycles. The van der Waals surface area contributed by atoms with E-state index < -0.39 is 5.89 Å². The smallest absolute Gasteiger partial charge is 0.212 e. The highest BCUT2D eigenvalue weighted by molar-refractivity contribution is 5.81. The minimum atomic E-state index is -0.599. The Bertz CT molecular complexity index is 1070. The summed E-state index contributed by atoms with van der Waals surface area (Å²) in [6.07, 6.45) is 3.02. The molecule has 0 saturated heterocycles. The van der Waals surface area contributed by atoms with Gasteiger partial charge < -0.3 is 0 Å². The fourth-order valence-corrected chi connectivity index (χ4v) is 4.21. The monoisotopic (exact) mass is 344 g/mol.